The fraction of sp³-hybridized carbons (Fsp3) is 0.667. The largest absolute Gasteiger partial charge is 0.435 e. The van der Waals surface area contributed by atoms with Gasteiger partial charge in [-0.1, -0.05) is 64.5 Å². The molecule has 0 N–H and O–H groups in total. The minimum Gasteiger partial charge on any atom is -0.435 e. The first-order valence-corrected chi connectivity index (χ1v) is 11.1. The highest BCUT2D eigenvalue weighted by molar-refractivity contribution is 5.84. The Morgan fingerprint density at radius 1 is 0.857 bits per heavy atom. The maximum absolute atomic E-state index is 12.4. The molecule has 4 heteroatoms. The van der Waals surface area contributed by atoms with Crippen LogP contribution in [0.3, 0.4) is 0 Å². The van der Waals surface area contributed by atoms with Crippen molar-refractivity contribution in [3.05, 3.63) is 36.8 Å². The van der Waals surface area contributed by atoms with Crippen molar-refractivity contribution in [3.63, 3.8) is 0 Å². The molecule has 0 aromatic heterocycles. The van der Waals surface area contributed by atoms with Crippen molar-refractivity contribution >= 4 is 11.9 Å². The van der Waals surface area contributed by atoms with E-state index in [9.17, 15) is 9.59 Å². The highest BCUT2D eigenvalue weighted by atomic mass is 16.5. The second-order valence-electron chi connectivity index (χ2n) is 7.45. The van der Waals surface area contributed by atoms with Gasteiger partial charge in [-0.05, 0) is 50.7 Å². The minimum absolute atomic E-state index is 0.348. The summed E-state index contributed by atoms with van der Waals surface area (Å²) >= 11 is 0. The van der Waals surface area contributed by atoms with Crippen LogP contribution in [-0.2, 0) is 19.1 Å². The molecule has 2 atom stereocenters. The Morgan fingerprint density at radius 3 is 2.00 bits per heavy atom. The van der Waals surface area contributed by atoms with Gasteiger partial charge < -0.3 is 9.47 Å². The Labute approximate surface area is 171 Å². The van der Waals surface area contributed by atoms with Gasteiger partial charge in [-0.15, -0.1) is 0 Å². The standard InChI is InChI=1S/C24H38O4/c1-3-5-7-9-11-15-19-27-23(25)21-17-13-14-18-22(21)24(26)28-20-16-12-10-8-6-4-2/h13,15-17,19-22H,3-12,14,18H2,1-2H3/b19-15+,20-16+. The van der Waals surface area contributed by atoms with E-state index in [-0.39, 0.29) is 11.9 Å². The summed E-state index contributed by atoms with van der Waals surface area (Å²) in [6.45, 7) is 4.36. The molecule has 2 unspecified atom stereocenters. The van der Waals surface area contributed by atoms with Crippen LogP contribution in [0.5, 0.6) is 0 Å². The molecule has 0 aromatic carbocycles. The number of rotatable bonds is 14. The number of esters is 2. The van der Waals surface area contributed by atoms with E-state index < -0.39 is 11.8 Å². The topological polar surface area (TPSA) is 52.6 Å². The predicted octanol–water partition coefficient (Wildman–Crippen LogP) is 6.62. The van der Waals surface area contributed by atoms with Gasteiger partial charge in [-0.25, -0.2) is 0 Å². The SMILES string of the molecule is CCCCCC/C=C/OC(=O)C1C=CCCC1C(=O)O/C=C/CCCCCC. The Kier molecular flexibility index (Phi) is 14.0. The van der Waals surface area contributed by atoms with Gasteiger partial charge in [0.25, 0.3) is 0 Å². The first kappa shape index (κ1) is 24.2. The lowest BCUT2D eigenvalue weighted by atomic mass is 9.84. The highest BCUT2D eigenvalue weighted by Crippen LogP contribution is 2.27. The highest BCUT2D eigenvalue weighted by Gasteiger charge is 2.35. The van der Waals surface area contributed by atoms with E-state index >= 15 is 0 Å². The van der Waals surface area contributed by atoms with E-state index in [1.54, 1.807) is 6.08 Å². The van der Waals surface area contributed by atoms with Crippen LogP contribution in [0.2, 0.25) is 0 Å². The molecule has 1 aliphatic rings. The molecule has 0 aliphatic heterocycles. The summed E-state index contributed by atoms with van der Waals surface area (Å²) in [5.41, 5.74) is 0. The minimum atomic E-state index is -0.566. The zero-order valence-electron chi connectivity index (χ0n) is 17.7. The lowest BCUT2D eigenvalue weighted by Gasteiger charge is -2.23. The number of carbonyl (C=O) groups excluding carboxylic acids is 2. The molecule has 4 nitrogen and oxygen atoms in total. The van der Waals surface area contributed by atoms with E-state index in [1.165, 1.54) is 51.0 Å². The van der Waals surface area contributed by atoms with Crippen molar-refractivity contribution in [1.29, 1.82) is 0 Å². The van der Waals surface area contributed by atoms with E-state index in [0.717, 1.165) is 32.1 Å². The molecule has 0 saturated heterocycles. The maximum atomic E-state index is 12.4. The van der Waals surface area contributed by atoms with Gasteiger partial charge in [0.1, 0.15) is 0 Å². The number of hydrogen-bond donors (Lipinski definition) is 0. The molecular weight excluding hydrogens is 352 g/mol. The molecule has 0 fully saturated rings. The normalized spacial score (nSPS) is 19.4. The quantitative estimate of drug-likeness (QED) is 0.145. The van der Waals surface area contributed by atoms with Crippen molar-refractivity contribution in [1.82, 2.24) is 0 Å². The van der Waals surface area contributed by atoms with Crippen LogP contribution in [0.25, 0.3) is 0 Å². The summed E-state index contributed by atoms with van der Waals surface area (Å²) in [4.78, 5) is 24.8. The second kappa shape index (κ2) is 16.1. The second-order valence-corrected chi connectivity index (χ2v) is 7.45. The van der Waals surface area contributed by atoms with Crippen molar-refractivity contribution in [2.24, 2.45) is 11.8 Å². The zero-order valence-corrected chi connectivity index (χ0v) is 17.7. The Morgan fingerprint density at radius 2 is 1.43 bits per heavy atom. The molecule has 0 amide bonds. The van der Waals surface area contributed by atoms with Crippen molar-refractivity contribution in [3.8, 4) is 0 Å². The fourth-order valence-electron chi connectivity index (χ4n) is 3.25. The first-order chi connectivity index (χ1) is 13.7. The van der Waals surface area contributed by atoms with Crippen molar-refractivity contribution in [2.75, 3.05) is 0 Å². The third-order valence-electron chi connectivity index (χ3n) is 5.01. The van der Waals surface area contributed by atoms with Gasteiger partial charge in [-0.3, -0.25) is 9.59 Å². The van der Waals surface area contributed by atoms with Gasteiger partial charge in [0.15, 0.2) is 0 Å². The molecule has 28 heavy (non-hydrogen) atoms. The summed E-state index contributed by atoms with van der Waals surface area (Å²) < 4.78 is 10.5. The Bertz CT molecular complexity index is 519. The van der Waals surface area contributed by atoms with Crippen molar-refractivity contribution < 1.29 is 19.1 Å². The third kappa shape index (κ3) is 10.5. The fourth-order valence-corrected chi connectivity index (χ4v) is 3.25. The summed E-state index contributed by atoms with van der Waals surface area (Å²) in [5.74, 6) is -1.77. The van der Waals surface area contributed by atoms with Crippen LogP contribution < -0.4 is 0 Å². The van der Waals surface area contributed by atoms with E-state index in [4.69, 9.17) is 9.47 Å². The molecule has 0 spiro atoms. The summed E-state index contributed by atoms with van der Waals surface area (Å²) in [7, 11) is 0. The van der Waals surface area contributed by atoms with Gasteiger partial charge in [0.05, 0.1) is 24.4 Å². The van der Waals surface area contributed by atoms with Gasteiger partial charge in [-0.2, -0.15) is 0 Å². The van der Waals surface area contributed by atoms with Gasteiger partial charge in [0, 0.05) is 0 Å². The van der Waals surface area contributed by atoms with E-state index in [1.807, 2.05) is 18.2 Å². The van der Waals surface area contributed by atoms with E-state index in [2.05, 4.69) is 13.8 Å². The lowest BCUT2D eigenvalue weighted by Crippen LogP contribution is -2.31. The van der Waals surface area contributed by atoms with Crippen LogP contribution in [0.1, 0.15) is 90.9 Å². The molecular formula is C24H38O4. The Balaban J connectivity index is 2.38. The van der Waals surface area contributed by atoms with Gasteiger partial charge >= 0.3 is 11.9 Å². The molecule has 1 rings (SSSR count). The predicted molar refractivity (Wildman–Crippen MR) is 113 cm³/mol. The van der Waals surface area contributed by atoms with Crippen LogP contribution in [-0.4, -0.2) is 11.9 Å². The summed E-state index contributed by atoms with van der Waals surface area (Å²) in [6, 6.07) is 0. The number of carbonyl (C=O) groups is 2. The number of allylic oxidation sites excluding steroid dienone is 3. The average molecular weight is 391 g/mol. The van der Waals surface area contributed by atoms with E-state index in [0.29, 0.717) is 6.42 Å². The molecule has 1 aliphatic carbocycles. The molecule has 0 saturated carbocycles. The number of ether oxygens (including phenoxy) is 2. The van der Waals surface area contributed by atoms with Crippen LogP contribution in [0.4, 0.5) is 0 Å². The molecule has 0 radical (unpaired) electrons. The first-order valence-electron chi connectivity index (χ1n) is 11.1. The third-order valence-corrected chi connectivity index (χ3v) is 5.01. The molecule has 0 heterocycles. The number of unbranched alkanes of at least 4 members (excludes halogenated alkanes) is 8. The maximum Gasteiger partial charge on any atom is 0.318 e. The van der Waals surface area contributed by atoms with Crippen LogP contribution in [0.15, 0.2) is 36.8 Å². The molecule has 158 valence electrons. The molecule has 0 bridgehead atoms. The zero-order chi connectivity index (χ0) is 20.5. The summed E-state index contributed by atoms with van der Waals surface area (Å²) in [5, 5.41) is 0. The monoisotopic (exact) mass is 390 g/mol. The smallest absolute Gasteiger partial charge is 0.318 e. The lowest BCUT2D eigenvalue weighted by molar-refractivity contribution is -0.153. The number of hydrogen-bond acceptors (Lipinski definition) is 4. The van der Waals surface area contributed by atoms with Crippen LogP contribution in [0, 0.1) is 11.8 Å². The van der Waals surface area contributed by atoms with Crippen molar-refractivity contribution in [2.45, 2.75) is 90.9 Å². The summed E-state index contributed by atoms with van der Waals surface area (Å²) in [6.07, 6.45) is 23.1. The van der Waals surface area contributed by atoms with Crippen LogP contribution >= 0.6 is 0 Å². The molecule has 0 aromatic rings. The van der Waals surface area contributed by atoms with Gasteiger partial charge in [0.2, 0.25) is 0 Å². The average Bonchev–Trinajstić information content (AvgIpc) is 2.72. The Hall–Kier alpha value is -1.84.